The van der Waals surface area contributed by atoms with Crippen molar-refractivity contribution < 1.29 is 13.5 Å². The average molecular weight is 525 g/mol. The predicted molar refractivity (Wildman–Crippen MR) is 153 cm³/mol. The molecule has 0 fully saturated rings. The summed E-state index contributed by atoms with van der Waals surface area (Å²) in [6.07, 6.45) is 2.50. The van der Waals surface area contributed by atoms with Crippen LogP contribution in [0.25, 0.3) is 22.4 Å². The van der Waals surface area contributed by atoms with Gasteiger partial charge in [-0.3, -0.25) is 9.71 Å². The van der Waals surface area contributed by atoms with Crippen molar-refractivity contribution in [1.82, 2.24) is 9.55 Å². The highest BCUT2D eigenvalue weighted by Crippen LogP contribution is 2.33. The van der Waals surface area contributed by atoms with Gasteiger partial charge in [-0.1, -0.05) is 48.9 Å². The summed E-state index contributed by atoms with van der Waals surface area (Å²) in [5.41, 5.74) is 5.13. The lowest BCUT2D eigenvalue weighted by molar-refractivity contribution is 0.474. The Kier molecular flexibility index (Phi) is 6.98. The molecule has 5 rings (SSSR count). The minimum atomic E-state index is -3.79. The first-order valence-electron chi connectivity index (χ1n) is 12.4. The van der Waals surface area contributed by atoms with Gasteiger partial charge in [0.25, 0.3) is 10.0 Å². The minimum absolute atomic E-state index is 0.163. The number of benzene rings is 4. The smallest absolute Gasteiger partial charge is 0.261 e. The SMILES string of the molecule is CCCn1c(-c2ccccc2NS(=O)(=O)c2ccc(C)cc2)nc2cc(N=Cc3ccccc3O)ccc21. The first kappa shape index (κ1) is 25.2. The molecule has 1 aromatic heterocycles. The highest BCUT2D eigenvalue weighted by molar-refractivity contribution is 7.92. The Morgan fingerprint density at radius 3 is 2.47 bits per heavy atom. The van der Waals surface area contributed by atoms with Crippen molar-refractivity contribution >= 4 is 38.6 Å². The summed E-state index contributed by atoms with van der Waals surface area (Å²) >= 11 is 0. The lowest BCUT2D eigenvalue weighted by Crippen LogP contribution is -2.14. The lowest BCUT2D eigenvalue weighted by atomic mass is 10.1. The van der Waals surface area contributed by atoms with Crippen molar-refractivity contribution in [3.63, 3.8) is 0 Å². The molecule has 1 heterocycles. The van der Waals surface area contributed by atoms with Crippen molar-refractivity contribution in [2.24, 2.45) is 4.99 Å². The number of aromatic nitrogens is 2. The van der Waals surface area contributed by atoms with Crippen LogP contribution < -0.4 is 4.72 Å². The summed E-state index contributed by atoms with van der Waals surface area (Å²) in [4.78, 5) is 9.64. The summed E-state index contributed by atoms with van der Waals surface area (Å²) in [6.45, 7) is 4.72. The van der Waals surface area contributed by atoms with Crippen molar-refractivity contribution in [2.45, 2.75) is 31.7 Å². The van der Waals surface area contributed by atoms with Gasteiger partial charge in [-0.25, -0.2) is 13.4 Å². The first-order chi connectivity index (χ1) is 18.4. The number of nitrogens with zero attached hydrogens (tertiary/aromatic N) is 3. The second-order valence-electron chi connectivity index (χ2n) is 9.04. The standard InChI is InChI=1S/C30H28N4O3S/c1-3-18-34-28-17-14-23(31-20-22-8-4-7-11-29(22)35)19-27(28)32-30(34)25-9-5-6-10-26(25)33-38(36,37)24-15-12-21(2)13-16-24/h4-17,19-20,33,35H,3,18H2,1-2H3. The highest BCUT2D eigenvalue weighted by Gasteiger charge is 2.20. The molecule has 0 amide bonds. The third-order valence-electron chi connectivity index (χ3n) is 6.21. The Bertz CT molecular complexity index is 1740. The van der Waals surface area contributed by atoms with E-state index in [-0.39, 0.29) is 10.6 Å². The van der Waals surface area contributed by atoms with Gasteiger partial charge >= 0.3 is 0 Å². The van der Waals surface area contributed by atoms with Crippen LogP contribution in [0.2, 0.25) is 0 Å². The molecular weight excluding hydrogens is 496 g/mol. The maximum Gasteiger partial charge on any atom is 0.261 e. The summed E-state index contributed by atoms with van der Waals surface area (Å²) in [5.74, 6) is 0.836. The molecule has 4 aromatic carbocycles. The van der Waals surface area contributed by atoms with E-state index in [0.29, 0.717) is 34.9 Å². The summed E-state index contributed by atoms with van der Waals surface area (Å²) in [5, 5.41) is 10.0. The quantitative estimate of drug-likeness (QED) is 0.221. The maximum absolute atomic E-state index is 13.2. The van der Waals surface area contributed by atoms with E-state index < -0.39 is 10.0 Å². The third-order valence-corrected chi connectivity index (χ3v) is 7.59. The molecule has 0 aliphatic rings. The normalized spacial score (nSPS) is 11.8. The fourth-order valence-electron chi connectivity index (χ4n) is 4.28. The van der Waals surface area contributed by atoms with Gasteiger partial charge in [0.05, 0.1) is 27.3 Å². The van der Waals surface area contributed by atoms with Crippen LogP contribution >= 0.6 is 0 Å². The number of phenols is 1. The van der Waals surface area contributed by atoms with Crippen LogP contribution in [0.15, 0.2) is 101 Å². The zero-order valence-electron chi connectivity index (χ0n) is 21.2. The maximum atomic E-state index is 13.2. The second kappa shape index (κ2) is 10.5. The fourth-order valence-corrected chi connectivity index (χ4v) is 5.36. The van der Waals surface area contributed by atoms with Gasteiger partial charge in [-0.05, 0) is 67.9 Å². The molecule has 0 spiro atoms. The molecule has 8 heteroatoms. The third kappa shape index (κ3) is 5.17. The van der Waals surface area contributed by atoms with E-state index in [1.165, 1.54) is 0 Å². The van der Waals surface area contributed by atoms with Crippen molar-refractivity contribution in [1.29, 1.82) is 0 Å². The number of para-hydroxylation sites is 2. The number of hydrogen-bond donors (Lipinski definition) is 2. The van der Waals surface area contributed by atoms with Gasteiger partial charge in [0.2, 0.25) is 0 Å². The van der Waals surface area contributed by atoms with Gasteiger partial charge in [-0.2, -0.15) is 0 Å². The monoisotopic (exact) mass is 524 g/mol. The number of hydrogen-bond acceptors (Lipinski definition) is 5. The number of imidazole rings is 1. The minimum Gasteiger partial charge on any atom is -0.507 e. The number of fused-ring (bicyclic) bond motifs is 1. The number of sulfonamides is 1. The molecule has 0 aliphatic heterocycles. The van der Waals surface area contributed by atoms with E-state index in [1.807, 2.05) is 43.3 Å². The molecule has 192 valence electrons. The van der Waals surface area contributed by atoms with Crippen molar-refractivity contribution in [2.75, 3.05) is 4.72 Å². The number of aromatic hydroxyl groups is 1. The first-order valence-corrected chi connectivity index (χ1v) is 13.9. The van der Waals surface area contributed by atoms with Gasteiger partial charge in [-0.15, -0.1) is 0 Å². The number of rotatable bonds is 8. The zero-order chi connectivity index (χ0) is 26.7. The lowest BCUT2D eigenvalue weighted by Gasteiger charge is -2.14. The van der Waals surface area contributed by atoms with E-state index in [9.17, 15) is 13.5 Å². The molecule has 0 saturated heterocycles. The van der Waals surface area contributed by atoms with Crippen LogP contribution in [0.5, 0.6) is 5.75 Å². The summed E-state index contributed by atoms with van der Waals surface area (Å²) in [6, 6.07) is 26.8. The van der Waals surface area contributed by atoms with E-state index in [1.54, 1.807) is 60.8 Å². The van der Waals surface area contributed by atoms with Crippen LogP contribution in [0.1, 0.15) is 24.5 Å². The van der Waals surface area contributed by atoms with E-state index in [2.05, 4.69) is 21.2 Å². The number of nitrogens with one attached hydrogen (secondary N) is 1. The Balaban J connectivity index is 1.55. The van der Waals surface area contributed by atoms with E-state index in [0.717, 1.165) is 23.0 Å². The van der Waals surface area contributed by atoms with Crippen LogP contribution in [0.3, 0.4) is 0 Å². The van der Waals surface area contributed by atoms with Gasteiger partial charge in [0, 0.05) is 23.9 Å². The molecule has 2 N–H and O–H groups in total. The zero-order valence-corrected chi connectivity index (χ0v) is 22.0. The average Bonchev–Trinajstić information content (AvgIpc) is 3.26. The molecule has 5 aromatic rings. The highest BCUT2D eigenvalue weighted by atomic mass is 32.2. The second-order valence-corrected chi connectivity index (χ2v) is 10.7. The molecule has 0 bridgehead atoms. The molecule has 0 unspecified atom stereocenters. The Labute approximate surface area is 222 Å². The summed E-state index contributed by atoms with van der Waals surface area (Å²) < 4.78 is 31.2. The van der Waals surface area contributed by atoms with Crippen LogP contribution in [0, 0.1) is 6.92 Å². The number of aryl methyl sites for hydroxylation is 2. The number of phenolic OH excluding ortho intramolecular Hbond substituents is 1. The van der Waals surface area contributed by atoms with Crippen molar-refractivity contribution in [3.8, 4) is 17.1 Å². The van der Waals surface area contributed by atoms with Crippen molar-refractivity contribution in [3.05, 3.63) is 102 Å². The molecule has 0 atom stereocenters. The predicted octanol–water partition coefficient (Wildman–Crippen LogP) is 6.68. The van der Waals surface area contributed by atoms with Gasteiger partial charge in [0.1, 0.15) is 11.6 Å². The molecule has 7 nitrogen and oxygen atoms in total. The topological polar surface area (TPSA) is 96.6 Å². The Morgan fingerprint density at radius 2 is 1.71 bits per heavy atom. The van der Waals surface area contributed by atoms with E-state index >= 15 is 0 Å². The fraction of sp³-hybridized carbons (Fsp3) is 0.133. The van der Waals surface area contributed by atoms with Crippen LogP contribution in [-0.2, 0) is 16.6 Å². The summed E-state index contributed by atoms with van der Waals surface area (Å²) in [7, 11) is -3.79. The van der Waals surface area contributed by atoms with Gasteiger partial charge < -0.3 is 9.67 Å². The van der Waals surface area contributed by atoms with Crippen LogP contribution in [-0.4, -0.2) is 29.3 Å². The molecule has 0 radical (unpaired) electrons. The molecular formula is C30H28N4O3S. The largest absolute Gasteiger partial charge is 0.507 e. The van der Waals surface area contributed by atoms with Crippen LogP contribution in [0.4, 0.5) is 11.4 Å². The number of anilines is 1. The van der Waals surface area contributed by atoms with Gasteiger partial charge in [0.15, 0.2) is 0 Å². The molecule has 38 heavy (non-hydrogen) atoms. The number of aliphatic imine (C=N–C) groups is 1. The molecule has 0 aliphatic carbocycles. The molecule has 0 saturated carbocycles. The Hall–Kier alpha value is -4.43. The Morgan fingerprint density at radius 1 is 0.974 bits per heavy atom. The van der Waals surface area contributed by atoms with E-state index in [4.69, 9.17) is 4.98 Å².